The van der Waals surface area contributed by atoms with Crippen molar-refractivity contribution in [3.05, 3.63) is 39.9 Å². The molecule has 0 bridgehead atoms. The van der Waals surface area contributed by atoms with Crippen LogP contribution in [0.1, 0.15) is 25.3 Å². The largest absolute Gasteiger partial charge is 0.344 e. The van der Waals surface area contributed by atoms with Gasteiger partial charge in [0.2, 0.25) is 0 Å². The number of aryl methyl sites for hydroxylation is 1. The Bertz CT molecular complexity index is 300. The summed E-state index contributed by atoms with van der Waals surface area (Å²) in [6.07, 6.45) is 2.87. The van der Waals surface area contributed by atoms with Crippen molar-refractivity contribution in [1.29, 1.82) is 0 Å². The molecule has 0 fully saturated rings. The zero-order valence-electron chi connectivity index (χ0n) is 8.40. The molecule has 14 heavy (non-hydrogen) atoms. The summed E-state index contributed by atoms with van der Waals surface area (Å²) in [5.41, 5.74) is 1.09. The van der Waals surface area contributed by atoms with E-state index in [4.69, 9.17) is 0 Å². The van der Waals surface area contributed by atoms with E-state index in [1.54, 1.807) is 12.1 Å². The average molecular weight is 196 g/mol. The number of para-hydroxylation sites is 1. The monoisotopic (exact) mass is 196 g/mol. The maximum absolute atomic E-state index is 10.6. The molecular formula is C10H16N2O2. The van der Waals surface area contributed by atoms with Crippen LogP contribution < -0.4 is 6.15 Å². The van der Waals surface area contributed by atoms with Crippen molar-refractivity contribution in [3.8, 4) is 0 Å². The lowest BCUT2D eigenvalue weighted by Gasteiger charge is -2.00. The van der Waals surface area contributed by atoms with E-state index in [9.17, 15) is 10.1 Å². The molecule has 1 aromatic carbocycles. The molecule has 3 N–H and O–H groups in total. The fraction of sp³-hybridized carbons (Fsp3) is 0.400. The molecule has 1 aromatic rings. The van der Waals surface area contributed by atoms with Gasteiger partial charge in [-0.3, -0.25) is 10.1 Å². The Morgan fingerprint density at radius 1 is 1.36 bits per heavy atom. The molecule has 0 aromatic heterocycles. The van der Waals surface area contributed by atoms with Crippen LogP contribution in [-0.2, 0) is 6.42 Å². The van der Waals surface area contributed by atoms with Crippen molar-refractivity contribution >= 4 is 5.69 Å². The Morgan fingerprint density at radius 3 is 2.57 bits per heavy atom. The van der Waals surface area contributed by atoms with Gasteiger partial charge in [0.25, 0.3) is 5.69 Å². The van der Waals surface area contributed by atoms with Crippen molar-refractivity contribution in [1.82, 2.24) is 6.15 Å². The summed E-state index contributed by atoms with van der Waals surface area (Å²) in [6, 6.07) is 6.93. The van der Waals surface area contributed by atoms with Gasteiger partial charge in [0, 0.05) is 11.6 Å². The van der Waals surface area contributed by atoms with E-state index in [1.165, 1.54) is 0 Å². The van der Waals surface area contributed by atoms with Gasteiger partial charge in [-0.15, -0.1) is 0 Å². The van der Waals surface area contributed by atoms with Gasteiger partial charge in [-0.25, -0.2) is 0 Å². The van der Waals surface area contributed by atoms with E-state index in [1.807, 2.05) is 12.1 Å². The highest BCUT2D eigenvalue weighted by molar-refractivity contribution is 5.39. The molecule has 0 saturated heterocycles. The SMILES string of the molecule is CCCCc1ccccc1[N+](=O)[O-].N. The number of nitro groups is 1. The highest BCUT2D eigenvalue weighted by Crippen LogP contribution is 2.19. The molecule has 4 nitrogen and oxygen atoms in total. The number of rotatable bonds is 4. The summed E-state index contributed by atoms with van der Waals surface area (Å²) >= 11 is 0. The van der Waals surface area contributed by atoms with Crippen molar-refractivity contribution < 1.29 is 4.92 Å². The normalized spacial score (nSPS) is 9.21. The van der Waals surface area contributed by atoms with Gasteiger partial charge in [-0.2, -0.15) is 0 Å². The lowest BCUT2D eigenvalue weighted by atomic mass is 10.1. The summed E-state index contributed by atoms with van der Waals surface area (Å²) in [5, 5.41) is 10.6. The highest BCUT2D eigenvalue weighted by Gasteiger charge is 2.10. The Balaban J connectivity index is 0.00000169. The predicted molar refractivity (Wildman–Crippen MR) is 56.7 cm³/mol. The quantitative estimate of drug-likeness (QED) is 0.593. The molecule has 0 unspecified atom stereocenters. The lowest BCUT2D eigenvalue weighted by molar-refractivity contribution is -0.385. The Kier molecular flexibility index (Phi) is 5.48. The fourth-order valence-corrected chi connectivity index (χ4v) is 1.27. The molecule has 0 atom stereocenters. The molecule has 0 spiro atoms. The van der Waals surface area contributed by atoms with E-state index >= 15 is 0 Å². The van der Waals surface area contributed by atoms with Gasteiger partial charge in [0.15, 0.2) is 0 Å². The maximum Gasteiger partial charge on any atom is 0.272 e. The van der Waals surface area contributed by atoms with Crippen LogP contribution >= 0.6 is 0 Å². The van der Waals surface area contributed by atoms with E-state index in [-0.39, 0.29) is 16.8 Å². The van der Waals surface area contributed by atoms with Crippen molar-refractivity contribution in [2.24, 2.45) is 0 Å². The summed E-state index contributed by atoms with van der Waals surface area (Å²) in [5.74, 6) is 0. The van der Waals surface area contributed by atoms with Crippen LogP contribution in [0, 0.1) is 10.1 Å². The lowest BCUT2D eigenvalue weighted by Crippen LogP contribution is -1.94. The second kappa shape index (κ2) is 6.10. The standard InChI is InChI=1S/C10H13NO2.H3N/c1-2-3-6-9-7-4-5-8-10(9)11(12)13;/h4-5,7-8H,2-3,6H2,1H3;1H3. The third kappa shape index (κ3) is 3.14. The summed E-state index contributed by atoms with van der Waals surface area (Å²) < 4.78 is 0. The van der Waals surface area contributed by atoms with Crippen LogP contribution in [-0.4, -0.2) is 4.92 Å². The van der Waals surface area contributed by atoms with E-state index in [0.717, 1.165) is 24.8 Å². The van der Waals surface area contributed by atoms with Gasteiger partial charge < -0.3 is 6.15 Å². The number of nitro benzene ring substituents is 1. The molecule has 78 valence electrons. The molecule has 0 aliphatic heterocycles. The van der Waals surface area contributed by atoms with Crippen molar-refractivity contribution in [2.75, 3.05) is 0 Å². The van der Waals surface area contributed by atoms with Crippen LogP contribution in [0.4, 0.5) is 5.69 Å². The Labute approximate surface area is 83.7 Å². The zero-order valence-corrected chi connectivity index (χ0v) is 8.40. The molecule has 0 amide bonds. The molecule has 0 heterocycles. The van der Waals surface area contributed by atoms with Crippen LogP contribution in [0.5, 0.6) is 0 Å². The molecule has 1 rings (SSSR count). The van der Waals surface area contributed by atoms with Gasteiger partial charge in [0.05, 0.1) is 4.92 Å². The van der Waals surface area contributed by atoms with Gasteiger partial charge in [-0.1, -0.05) is 31.5 Å². The fourth-order valence-electron chi connectivity index (χ4n) is 1.27. The van der Waals surface area contributed by atoms with Crippen molar-refractivity contribution in [3.63, 3.8) is 0 Å². The Hall–Kier alpha value is -1.42. The Morgan fingerprint density at radius 2 is 2.00 bits per heavy atom. The number of nitrogens with zero attached hydrogens (tertiary/aromatic N) is 1. The summed E-state index contributed by atoms with van der Waals surface area (Å²) in [7, 11) is 0. The minimum atomic E-state index is -0.314. The molecule has 0 radical (unpaired) electrons. The molecule has 4 heteroatoms. The number of hydrogen-bond donors (Lipinski definition) is 1. The third-order valence-electron chi connectivity index (χ3n) is 1.99. The highest BCUT2D eigenvalue weighted by atomic mass is 16.6. The molecule has 0 saturated carbocycles. The van der Waals surface area contributed by atoms with E-state index in [2.05, 4.69) is 6.92 Å². The second-order valence-corrected chi connectivity index (χ2v) is 2.99. The van der Waals surface area contributed by atoms with Gasteiger partial charge in [0.1, 0.15) is 0 Å². The smallest absolute Gasteiger partial charge is 0.272 e. The molecule has 0 aliphatic carbocycles. The minimum absolute atomic E-state index is 0. The van der Waals surface area contributed by atoms with Gasteiger partial charge >= 0.3 is 0 Å². The van der Waals surface area contributed by atoms with Crippen LogP contribution in [0.3, 0.4) is 0 Å². The first-order valence-electron chi connectivity index (χ1n) is 4.48. The first kappa shape index (κ1) is 12.6. The number of unbranched alkanes of at least 4 members (excludes halogenated alkanes) is 1. The number of benzene rings is 1. The topological polar surface area (TPSA) is 78.1 Å². The van der Waals surface area contributed by atoms with Crippen LogP contribution in [0.25, 0.3) is 0 Å². The molecule has 0 aliphatic rings. The molecular weight excluding hydrogens is 180 g/mol. The van der Waals surface area contributed by atoms with Crippen LogP contribution in [0.2, 0.25) is 0 Å². The average Bonchev–Trinajstić information content (AvgIpc) is 2.15. The van der Waals surface area contributed by atoms with E-state index < -0.39 is 0 Å². The second-order valence-electron chi connectivity index (χ2n) is 2.99. The summed E-state index contributed by atoms with van der Waals surface area (Å²) in [4.78, 5) is 10.3. The first-order chi connectivity index (χ1) is 6.25. The third-order valence-corrected chi connectivity index (χ3v) is 1.99. The van der Waals surface area contributed by atoms with Crippen molar-refractivity contribution in [2.45, 2.75) is 26.2 Å². The van der Waals surface area contributed by atoms with Gasteiger partial charge in [-0.05, 0) is 12.8 Å². The van der Waals surface area contributed by atoms with Crippen LogP contribution in [0.15, 0.2) is 24.3 Å². The first-order valence-corrected chi connectivity index (χ1v) is 4.48. The predicted octanol–water partition coefficient (Wildman–Crippen LogP) is 3.10. The summed E-state index contributed by atoms with van der Waals surface area (Å²) in [6.45, 7) is 2.08. The zero-order chi connectivity index (χ0) is 9.68. The van der Waals surface area contributed by atoms with E-state index in [0.29, 0.717) is 0 Å². The maximum atomic E-state index is 10.6. The minimum Gasteiger partial charge on any atom is -0.344 e. The number of hydrogen-bond acceptors (Lipinski definition) is 3.